The summed E-state index contributed by atoms with van der Waals surface area (Å²) in [7, 11) is -3.70. The number of nitrogens with zero attached hydrogens (tertiary/aromatic N) is 2. The number of rotatable bonds is 11. The lowest BCUT2D eigenvalue weighted by Gasteiger charge is -2.39. The zero-order valence-electron chi connectivity index (χ0n) is 26.4. The molecule has 0 aromatic heterocycles. The van der Waals surface area contributed by atoms with E-state index in [-0.39, 0.29) is 22.0 Å². The Kier molecular flexibility index (Phi) is 11.8. The lowest BCUT2D eigenvalue weighted by atomic mass is 9.96. The second-order valence-corrected chi connectivity index (χ2v) is 15.0. The van der Waals surface area contributed by atoms with Gasteiger partial charge in [0, 0.05) is 37.4 Å². The number of sulfonamides is 1. The first-order chi connectivity index (χ1) is 22.6. The zero-order valence-corrected chi connectivity index (χ0v) is 29.7. The highest BCUT2D eigenvalue weighted by Crippen LogP contribution is 2.31. The van der Waals surface area contributed by atoms with Crippen LogP contribution in [0.2, 0.25) is 0 Å². The van der Waals surface area contributed by atoms with Crippen LogP contribution in [-0.4, -0.2) is 61.4 Å². The van der Waals surface area contributed by atoms with Gasteiger partial charge in [-0.3, -0.25) is 15.0 Å². The van der Waals surface area contributed by atoms with Crippen molar-refractivity contribution in [1.82, 2.24) is 14.5 Å². The Labute approximate surface area is 291 Å². The van der Waals surface area contributed by atoms with Crippen LogP contribution in [0.5, 0.6) is 5.75 Å². The molecule has 11 heteroatoms. The Bertz CT molecular complexity index is 1720. The largest absolute Gasteiger partial charge is 0.492 e. The van der Waals surface area contributed by atoms with E-state index in [1.54, 1.807) is 46.8 Å². The molecule has 0 radical (unpaired) electrons. The fourth-order valence-corrected chi connectivity index (χ4v) is 7.57. The third kappa shape index (κ3) is 9.05. The molecule has 1 amide bonds. The molecular weight excluding hydrogens is 696 g/mol. The molecule has 0 saturated carbocycles. The predicted octanol–water partition coefficient (Wildman–Crippen LogP) is 7.10. The molecule has 8 nitrogen and oxygen atoms in total. The first-order valence-electron chi connectivity index (χ1n) is 15.6. The molecule has 1 fully saturated rings. The van der Waals surface area contributed by atoms with Gasteiger partial charge in [0.05, 0.1) is 22.0 Å². The van der Waals surface area contributed by atoms with Crippen LogP contribution in [0.25, 0.3) is 0 Å². The fraction of sp³-hybridized carbons (Fsp3) is 0.278. The number of nitrogens with one attached hydrogen (secondary N) is 2. The van der Waals surface area contributed by atoms with E-state index in [1.165, 1.54) is 11.1 Å². The molecule has 1 aliphatic rings. The van der Waals surface area contributed by atoms with Crippen LogP contribution in [0.15, 0.2) is 112 Å². The van der Waals surface area contributed by atoms with E-state index < -0.39 is 10.0 Å². The van der Waals surface area contributed by atoms with Crippen molar-refractivity contribution in [2.24, 2.45) is 5.92 Å². The van der Waals surface area contributed by atoms with Gasteiger partial charge in [-0.2, -0.15) is 4.31 Å². The number of hydrogen-bond donors (Lipinski definition) is 2. The molecule has 0 unspecified atom stereocenters. The Balaban J connectivity index is 1.16. The molecule has 0 bridgehead atoms. The Morgan fingerprint density at radius 2 is 1.47 bits per heavy atom. The number of thiocarbonyl (C=S) groups is 1. The number of hydrogen-bond acceptors (Lipinski definition) is 6. The third-order valence-electron chi connectivity index (χ3n) is 7.99. The summed E-state index contributed by atoms with van der Waals surface area (Å²) in [6, 6.07) is 32.2. The molecule has 4 aromatic rings. The van der Waals surface area contributed by atoms with E-state index in [0.717, 1.165) is 6.42 Å². The average Bonchev–Trinajstić information content (AvgIpc) is 3.07. The SMILES string of the molecule is CC(C)CCOc1ccc(C(=O)NC(=S)Nc2ccc(S(=O)(=O)N3CCN(C(c4ccccc4)c4ccccc4)CC3)cc2)cc1Br. The fourth-order valence-electron chi connectivity index (χ4n) is 5.45. The molecule has 5 rings (SSSR count). The molecule has 2 N–H and O–H groups in total. The van der Waals surface area contributed by atoms with E-state index in [4.69, 9.17) is 17.0 Å². The van der Waals surface area contributed by atoms with E-state index in [0.29, 0.717) is 60.2 Å². The number of amides is 1. The maximum absolute atomic E-state index is 13.6. The summed E-state index contributed by atoms with van der Waals surface area (Å²) in [4.78, 5) is 15.4. The molecule has 1 saturated heterocycles. The highest BCUT2D eigenvalue weighted by atomic mass is 79.9. The van der Waals surface area contributed by atoms with Crippen molar-refractivity contribution in [2.75, 3.05) is 38.1 Å². The first-order valence-corrected chi connectivity index (χ1v) is 18.2. The number of carbonyl (C=O) groups is 1. The summed E-state index contributed by atoms with van der Waals surface area (Å²) < 4.78 is 35.2. The Hall–Kier alpha value is -3.61. The number of anilines is 1. The highest BCUT2D eigenvalue weighted by molar-refractivity contribution is 9.10. The van der Waals surface area contributed by atoms with Gasteiger partial charge in [0.15, 0.2) is 5.11 Å². The second-order valence-electron chi connectivity index (χ2n) is 11.8. The second kappa shape index (κ2) is 16.0. The van der Waals surface area contributed by atoms with Crippen molar-refractivity contribution in [3.63, 3.8) is 0 Å². The number of ether oxygens (including phenoxy) is 1. The number of piperazine rings is 1. The molecule has 0 spiro atoms. The third-order valence-corrected chi connectivity index (χ3v) is 10.7. The molecule has 0 atom stereocenters. The molecule has 1 aliphatic heterocycles. The first kappa shape index (κ1) is 34.7. The van der Waals surface area contributed by atoms with Crippen molar-refractivity contribution in [3.8, 4) is 5.75 Å². The summed E-state index contributed by atoms with van der Waals surface area (Å²) >= 11 is 8.83. The molecule has 246 valence electrons. The maximum atomic E-state index is 13.6. The van der Waals surface area contributed by atoms with Gasteiger partial charge in [-0.25, -0.2) is 8.42 Å². The minimum Gasteiger partial charge on any atom is -0.492 e. The van der Waals surface area contributed by atoms with Gasteiger partial charge in [-0.05, 0) is 94.1 Å². The van der Waals surface area contributed by atoms with E-state index in [2.05, 4.69) is 69.6 Å². The number of halogens is 1. The van der Waals surface area contributed by atoms with Crippen LogP contribution in [0.1, 0.15) is 47.8 Å². The minimum absolute atomic E-state index is 0.0476. The van der Waals surface area contributed by atoms with Crippen molar-refractivity contribution in [1.29, 1.82) is 0 Å². The van der Waals surface area contributed by atoms with Crippen LogP contribution in [0.4, 0.5) is 5.69 Å². The molecule has 47 heavy (non-hydrogen) atoms. The molecule has 4 aromatic carbocycles. The van der Waals surface area contributed by atoms with Gasteiger partial charge < -0.3 is 10.1 Å². The summed E-state index contributed by atoms with van der Waals surface area (Å²) in [5.41, 5.74) is 3.33. The van der Waals surface area contributed by atoms with Crippen molar-refractivity contribution < 1.29 is 17.9 Å². The van der Waals surface area contributed by atoms with Gasteiger partial charge in [-0.1, -0.05) is 74.5 Å². The summed E-state index contributed by atoms with van der Waals surface area (Å²) in [6.45, 7) is 6.84. The van der Waals surface area contributed by atoms with Crippen molar-refractivity contribution in [3.05, 3.63) is 124 Å². The average molecular weight is 736 g/mol. The smallest absolute Gasteiger partial charge is 0.257 e. The predicted molar refractivity (Wildman–Crippen MR) is 194 cm³/mol. The quantitative estimate of drug-likeness (QED) is 0.159. The lowest BCUT2D eigenvalue weighted by Crippen LogP contribution is -2.49. The van der Waals surface area contributed by atoms with Gasteiger partial charge >= 0.3 is 0 Å². The van der Waals surface area contributed by atoms with Gasteiger partial charge in [0.2, 0.25) is 10.0 Å². The highest BCUT2D eigenvalue weighted by Gasteiger charge is 2.32. The van der Waals surface area contributed by atoms with E-state index in [1.807, 2.05) is 36.4 Å². The standard InChI is InChI=1S/C36H39BrN4O4S2/c1-26(2)19-24-45-33-18-13-29(25-32(33)37)35(42)39-36(46)38-30-14-16-31(17-15-30)47(43,44)41-22-20-40(21-23-41)34(27-9-5-3-6-10-27)28-11-7-4-8-12-28/h3-18,25-26,34H,19-24H2,1-2H3,(H2,38,39,42,46). The van der Waals surface area contributed by atoms with Crippen LogP contribution in [-0.2, 0) is 10.0 Å². The minimum atomic E-state index is -3.70. The van der Waals surface area contributed by atoms with E-state index >= 15 is 0 Å². The van der Waals surface area contributed by atoms with Crippen LogP contribution < -0.4 is 15.4 Å². The maximum Gasteiger partial charge on any atom is 0.257 e. The van der Waals surface area contributed by atoms with Crippen LogP contribution in [0, 0.1) is 5.92 Å². The van der Waals surface area contributed by atoms with Gasteiger partial charge in [-0.15, -0.1) is 0 Å². The molecular formula is C36H39BrN4O4S2. The van der Waals surface area contributed by atoms with Crippen molar-refractivity contribution >= 4 is 54.9 Å². The van der Waals surface area contributed by atoms with Crippen molar-refractivity contribution in [2.45, 2.75) is 31.2 Å². The summed E-state index contributed by atoms with van der Waals surface area (Å²) in [5, 5.41) is 5.73. The zero-order chi connectivity index (χ0) is 33.4. The van der Waals surface area contributed by atoms with Crippen LogP contribution >= 0.6 is 28.1 Å². The molecule has 1 heterocycles. The Morgan fingerprint density at radius 3 is 2.02 bits per heavy atom. The Morgan fingerprint density at radius 1 is 0.872 bits per heavy atom. The monoisotopic (exact) mass is 734 g/mol. The number of carbonyl (C=O) groups excluding carboxylic acids is 1. The number of benzene rings is 4. The normalized spacial score (nSPS) is 14.2. The van der Waals surface area contributed by atoms with Gasteiger partial charge in [0.25, 0.3) is 5.91 Å². The molecule has 0 aliphatic carbocycles. The summed E-state index contributed by atoms with van der Waals surface area (Å²) in [5.74, 6) is 0.828. The van der Waals surface area contributed by atoms with Crippen LogP contribution in [0.3, 0.4) is 0 Å². The summed E-state index contributed by atoms with van der Waals surface area (Å²) in [6.07, 6.45) is 0.934. The lowest BCUT2D eigenvalue weighted by molar-refractivity contribution is 0.0977. The van der Waals surface area contributed by atoms with Gasteiger partial charge in [0.1, 0.15) is 5.75 Å². The van der Waals surface area contributed by atoms with E-state index in [9.17, 15) is 13.2 Å². The topological polar surface area (TPSA) is 91.0 Å².